The first kappa shape index (κ1) is 17.3. The van der Waals surface area contributed by atoms with Crippen molar-refractivity contribution in [3.05, 3.63) is 71.6 Å². The Balaban J connectivity index is 1.77. The van der Waals surface area contributed by atoms with Gasteiger partial charge in [-0.3, -0.25) is 4.79 Å². The highest BCUT2D eigenvalue weighted by molar-refractivity contribution is 8.02. The molecule has 1 amide bonds. The Morgan fingerprint density at radius 1 is 1.12 bits per heavy atom. The highest BCUT2D eigenvalue weighted by atomic mass is 32.2. The molecule has 2 aromatic rings. The molecule has 0 radical (unpaired) electrons. The Bertz CT molecular complexity index is 782. The molecule has 0 aromatic heterocycles. The summed E-state index contributed by atoms with van der Waals surface area (Å²) in [5, 5.41) is 13.1. The summed E-state index contributed by atoms with van der Waals surface area (Å²) >= 11 is 1.37. The minimum absolute atomic E-state index is 0.344. The average molecular weight is 338 g/mol. The van der Waals surface area contributed by atoms with Crippen LogP contribution < -0.4 is 5.32 Å². The Hall–Kier alpha value is -3.04. The molecule has 5 nitrogen and oxygen atoms in total. The molecule has 0 unspecified atom stereocenters. The molecule has 0 spiro atoms. The Morgan fingerprint density at radius 2 is 1.83 bits per heavy atom. The van der Waals surface area contributed by atoms with Gasteiger partial charge in [0, 0.05) is 11.0 Å². The van der Waals surface area contributed by atoms with Crippen molar-refractivity contribution < 1.29 is 14.3 Å². The topological polar surface area (TPSA) is 79.2 Å². The molecule has 0 aliphatic heterocycles. The molecule has 0 fully saturated rings. The third kappa shape index (κ3) is 5.63. The maximum Gasteiger partial charge on any atom is 0.331 e. The second kappa shape index (κ2) is 9.18. The van der Waals surface area contributed by atoms with Crippen LogP contribution >= 0.6 is 11.8 Å². The third-order valence-electron chi connectivity index (χ3n) is 2.82. The smallest absolute Gasteiger partial charge is 0.331 e. The number of amides is 1. The molecule has 0 aliphatic carbocycles. The number of rotatable bonds is 6. The highest BCUT2D eigenvalue weighted by Crippen LogP contribution is 2.17. The summed E-state index contributed by atoms with van der Waals surface area (Å²) in [4.78, 5) is 24.3. The van der Waals surface area contributed by atoms with Crippen LogP contribution in [0.1, 0.15) is 5.56 Å². The van der Waals surface area contributed by atoms with Crippen molar-refractivity contribution in [1.29, 1.82) is 5.26 Å². The van der Waals surface area contributed by atoms with Gasteiger partial charge in [-0.05, 0) is 29.7 Å². The number of carbonyl (C=O) groups is 2. The van der Waals surface area contributed by atoms with E-state index in [2.05, 4.69) is 5.32 Å². The number of nitriles is 1. The number of thioether (sulfide) groups is 1. The number of benzene rings is 2. The molecule has 0 bridgehead atoms. The van der Waals surface area contributed by atoms with Crippen molar-refractivity contribution in [2.75, 3.05) is 11.9 Å². The molecule has 1 N–H and O–H groups in total. The molecule has 0 atom stereocenters. The first-order valence-electron chi connectivity index (χ1n) is 7.03. The van der Waals surface area contributed by atoms with Crippen LogP contribution in [-0.4, -0.2) is 18.5 Å². The summed E-state index contributed by atoms with van der Waals surface area (Å²) in [6, 6.07) is 18.1. The zero-order valence-electron chi connectivity index (χ0n) is 12.6. The Labute approximate surface area is 143 Å². The molecule has 0 saturated carbocycles. The van der Waals surface area contributed by atoms with E-state index in [-0.39, 0.29) is 0 Å². The van der Waals surface area contributed by atoms with Crippen LogP contribution in [0.4, 0.5) is 5.69 Å². The lowest BCUT2D eigenvalue weighted by molar-refractivity contribution is -0.142. The lowest BCUT2D eigenvalue weighted by Crippen LogP contribution is -2.20. The number of ether oxygens (including phenoxy) is 1. The second-order valence-electron chi connectivity index (χ2n) is 4.55. The molecule has 0 heterocycles. The van der Waals surface area contributed by atoms with Gasteiger partial charge in [-0.15, -0.1) is 0 Å². The van der Waals surface area contributed by atoms with Gasteiger partial charge in [-0.1, -0.05) is 42.1 Å². The average Bonchev–Trinajstić information content (AvgIpc) is 2.61. The molecule has 0 aliphatic rings. The van der Waals surface area contributed by atoms with E-state index in [1.165, 1.54) is 17.8 Å². The van der Waals surface area contributed by atoms with Gasteiger partial charge in [0.2, 0.25) is 0 Å². The molecule has 6 heteroatoms. The fourth-order valence-electron chi connectivity index (χ4n) is 1.73. The summed E-state index contributed by atoms with van der Waals surface area (Å²) < 4.78 is 4.85. The monoisotopic (exact) mass is 338 g/mol. The van der Waals surface area contributed by atoms with Gasteiger partial charge in [0.25, 0.3) is 5.91 Å². The van der Waals surface area contributed by atoms with E-state index in [9.17, 15) is 9.59 Å². The lowest BCUT2D eigenvalue weighted by atomic mass is 10.2. The molecule has 2 aromatic carbocycles. The molecular weight excluding hydrogens is 324 g/mol. The van der Waals surface area contributed by atoms with Crippen LogP contribution in [0.15, 0.2) is 71.0 Å². The van der Waals surface area contributed by atoms with Gasteiger partial charge < -0.3 is 10.1 Å². The second-order valence-corrected chi connectivity index (χ2v) is 5.53. The van der Waals surface area contributed by atoms with Gasteiger partial charge in [-0.2, -0.15) is 5.26 Å². The van der Waals surface area contributed by atoms with E-state index >= 15 is 0 Å². The number of anilines is 1. The zero-order valence-corrected chi connectivity index (χ0v) is 13.5. The molecule has 24 heavy (non-hydrogen) atoms. The van der Waals surface area contributed by atoms with Crippen LogP contribution in [0.25, 0.3) is 0 Å². The van der Waals surface area contributed by atoms with Crippen LogP contribution in [0, 0.1) is 11.3 Å². The molecule has 2 rings (SSSR count). The minimum atomic E-state index is -0.609. The Kier molecular flexibility index (Phi) is 6.62. The fourth-order valence-corrected chi connectivity index (χ4v) is 2.38. The molecule has 120 valence electrons. The highest BCUT2D eigenvalue weighted by Gasteiger charge is 2.08. The van der Waals surface area contributed by atoms with E-state index in [0.29, 0.717) is 11.3 Å². The quantitative estimate of drug-likeness (QED) is 0.496. The number of esters is 1. The lowest BCUT2D eigenvalue weighted by Gasteiger charge is -2.06. The van der Waals surface area contributed by atoms with Crippen molar-refractivity contribution >= 4 is 29.3 Å². The third-order valence-corrected chi connectivity index (χ3v) is 3.64. The largest absolute Gasteiger partial charge is 0.452 e. The van der Waals surface area contributed by atoms with Gasteiger partial charge >= 0.3 is 5.97 Å². The summed E-state index contributed by atoms with van der Waals surface area (Å²) in [6.45, 7) is -0.418. The van der Waals surface area contributed by atoms with E-state index < -0.39 is 18.5 Å². The van der Waals surface area contributed by atoms with E-state index in [1.54, 1.807) is 29.7 Å². The summed E-state index contributed by atoms with van der Waals surface area (Å²) in [7, 11) is 0. The summed E-state index contributed by atoms with van der Waals surface area (Å²) in [6.07, 6.45) is 1.26. The van der Waals surface area contributed by atoms with Crippen LogP contribution in [0.5, 0.6) is 0 Å². The molecule has 0 saturated heterocycles. The SMILES string of the molecule is N#Cc1ccccc1NC(=O)COC(=O)/C=C/Sc1ccccc1. The van der Waals surface area contributed by atoms with Crippen molar-refractivity contribution in [3.63, 3.8) is 0 Å². The van der Waals surface area contributed by atoms with Crippen molar-refractivity contribution in [2.24, 2.45) is 0 Å². The van der Waals surface area contributed by atoms with Crippen LogP contribution in [-0.2, 0) is 14.3 Å². The minimum Gasteiger partial charge on any atom is -0.452 e. The van der Waals surface area contributed by atoms with E-state index in [4.69, 9.17) is 10.00 Å². The van der Waals surface area contributed by atoms with Crippen molar-refractivity contribution in [2.45, 2.75) is 4.90 Å². The predicted molar refractivity (Wildman–Crippen MR) is 92.2 cm³/mol. The van der Waals surface area contributed by atoms with Crippen LogP contribution in [0.3, 0.4) is 0 Å². The molecular formula is C18H14N2O3S. The van der Waals surface area contributed by atoms with E-state index in [0.717, 1.165) is 4.90 Å². The number of nitrogens with one attached hydrogen (secondary N) is 1. The normalized spacial score (nSPS) is 10.1. The van der Waals surface area contributed by atoms with Crippen molar-refractivity contribution in [1.82, 2.24) is 0 Å². The van der Waals surface area contributed by atoms with Crippen LogP contribution in [0.2, 0.25) is 0 Å². The Morgan fingerprint density at radius 3 is 2.58 bits per heavy atom. The zero-order chi connectivity index (χ0) is 17.2. The number of carbonyl (C=O) groups excluding carboxylic acids is 2. The first-order valence-corrected chi connectivity index (χ1v) is 7.91. The summed E-state index contributed by atoms with van der Waals surface area (Å²) in [5.74, 6) is -1.11. The number of nitrogens with zero attached hydrogens (tertiary/aromatic N) is 1. The fraction of sp³-hybridized carbons (Fsp3) is 0.0556. The van der Waals surface area contributed by atoms with Gasteiger partial charge in [0.1, 0.15) is 6.07 Å². The number of para-hydroxylation sites is 1. The van der Waals surface area contributed by atoms with E-state index in [1.807, 2.05) is 36.4 Å². The first-order chi connectivity index (χ1) is 11.7. The standard InChI is InChI=1S/C18H14N2O3S/c19-12-14-6-4-5-9-16(14)20-17(21)13-23-18(22)10-11-24-15-7-2-1-3-8-15/h1-11H,13H2,(H,20,21)/b11-10+. The number of hydrogen-bond acceptors (Lipinski definition) is 5. The van der Waals surface area contributed by atoms with Gasteiger partial charge in [-0.25, -0.2) is 4.79 Å². The maximum absolute atomic E-state index is 11.8. The van der Waals surface area contributed by atoms with Gasteiger partial charge in [0.05, 0.1) is 11.3 Å². The predicted octanol–water partition coefficient (Wildman–Crippen LogP) is 3.35. The van der Waals surface area contributed by atoms with Crippen molar-refractivity contribution in [3.8, 4) is 6.07 Å². The maximum atomic E-state index is 11.8. The van der Waals surface area contributed by atoms with Gasteiger partial charge in [0.15, 0.2) is 6.61 Å². The number of hydrogen-bond donors (Lipinski definition) is 1. The summed E-state index contributed by atoms with van der Waals surface area (Å²) in [5.41, 5.74) is 0.729.